The van der Waals surface area contributed by atoms with E-state index >= 15 is 0 Å². The van der Waals surface area contributed by atoms with Gasteiger partial charge in [0.05, 0.1) is 0 Å². The number of fused-ring (bicyclic) bond motifs is 1. The van der Waals surface area contributed by atoms with Crippen molar-refractivity contribution in [2.24, 2.45) is 5.73 Å². The molecule has 12 heavy (non-hydrogen) atoms. The van der Waals surface area contributed by atoms with E-state index in [-0.39, 0.29) is 11.9 Å². The van der Waals surface area contributed by atoms with E-state index in [9.17, 15) is 4.39 Å². The van der Waals surface area contributed by atoms with E-state index < -0.39 is 0 Å². The van der Waals surface area contributed by atoms with Crippen LogP contribution in [0.4, 0.5) is 4.39 Å². The van der Waals surface area contributed by atoms with Crippen LogP contribution in [0.25, 0.3) is 0 Å². The van der Waals surface area contributed by atoms with Crippen LogP contribution >= 0.6 is 11.6 Å². The molecule has 0 fully saturated rings. The number of halogens is 2. The first-order valence-corrected chi connectivity index (χ1v) is 4.29. The van der Waals surface area contributed by atoms with Crippen LogP contribution in [0.3, 0.4) is 0 Å². The molecule has 2 N–H and O–H groups in total. The van der Waals surface area contributed by atoms with E-state index in [2.05, 4.69) is 0 Å². The SMILES string of the molecule is NC1CCc2cc(Cl)cc(F)c21. The molecule has 1 nitrogen and oxygen atoms in total. The first-order valence-electron chi connectivity index (χ1n) is 3.92. The third kappa shape index (κ3) is 1.11. The van der Waals surface area contributed by atoms with Crippen LogP contribution in [0.15, 0.2) is 12.1 Å². The monoisotopic (exact) mass is 185 g/mol. The van der Waals surface area contributed by atoms with Crippen LogP contribution in [0.1, 0.15) is 23.6 Å². The Bertz CT molecular complexity index is 325. The van der Waals surface area contributed by atoms with Gasteiger partial charge in [0.2, 0.25) is 0 Å². The van der Waals surface area contributed by atoms with Crippen LogP contribution in [-0.4, -0.2) is 0 Å². The van der Waals surface area contributed by atoms with Gasteiger partial charge in [0, 0.05) is 16.6 Å². The molecular weight excluding hydrogens is 177 g/mol. The minimum atomic E-state index is -0.262. The Hall–Kier alpha value is -0.600. The summed E-state index contributed by atoms with van der Waals surface area (Å²) in [7, 11) is 0. The number of benzene rings is 1. The molecule has 3 heteroatoms. The molecule has 1 atom stereocenters. The van der Waals surface area contributed by atoms with E-state index in [1.807, 2.05) is 0 Å². The molecular formula is C9H9ClFN. The molecule has 1 aliphatic rings. The van der Waals surface area contributed by atoms with Gasteiger partial charge in [0.25, 0.3) is 0 Å². The Morgan fingerprint density at radius 1 is 1.50 bits per heavy atom. The summed E-state index contributed by atoms with van der Waals surface area (Å²) >= 11 is 5.70. The number of rotatable bonds is 0. The molecule has 0 aromatic heterocycles. The molecule has 1 aromatic rings. The fourth-order valence-corrected chi connectivity index (χ4v) is 1.94. The molecule has 1 aliphatic carbocycles. The van der Waals surface area contributed by atoms with Crippen LogP contribution in [0.2, 0.25) is 5.02 Å². The molecule has 0 bridgehead atoms. The average Bonchev–Trinajstić information content (AvgIpc) is 2.31. The van der Waals surface area contributed by atoms with Gasteiger partial charge in [0.15, 0.2) is 0 Å². The third-order valence-corrected chi connectivity index (χ3v) is 2.49. The lowest BCUT2D eigenvalue weighted by molar-refractivity contribution is 0.589. The zero-order valence-corrected chi connectivity index (χ0v) is 7.24. The minimum absolute atomic E-state index is 0.141. The van der Waals surface area contributed by atoms with E-state index in [4.69, 9.17) is 17.3 Å². The highest BCUT2D eigenvalue weighted by Gasteiger charge is 2.22. The Balaban J connectivity index is 2.60. The second-order valence-corrected chi connectivity index (χ2v) is 3.54. The maximum Gasteiger partial charge on any atom is 0.129 e. The van der Waals surface area contributed by atoms with Crippen LogP contribution < -0.4 is 5.73 Å². The predicted molar refractivity (Wildman–Crippen MR) is 46.7 cm³/mol. The van der Waals surface area contributed by atoms with Gasteiger partial charge in [-0.3, -0.25) is 0 Å². The van der Waals surface area contributed by atoms with E-state index in [0.29, 0.717) is 10.6 Å². The predicted octanol–water partition coefficient (Wildman–Crippen LogP) is 2.43. The molecule has 0 amide bonds. The summed E-state index contributed by atoms with van der Waals surface area (Å²) in [6.45, 7) is 0. The standard InChI is InChI=1S/C9H9ClFN/c10-6-3-5-1-2-8(12)9(5)7(11)4-6/h3-4,8H,1-2,12H2. The average molecular weight is 186 g/mol. The fourth-order valence-electron chi connectivity index (χ4n) is 1.72. The van der Waals surface area contributed by atoms with Crippen molar-refractivity contribution in [3.63, 3.8) is 0 Å². The molecule has 1 unspecified atom stereocenters. The number of aryl methyl sites for hydroxylation is 1. The van der Waals surface area contributed by atoms with Crippen molar-refractivity contribution in [1.29, 1.82) is 0 Å². The number of hydrogen-bond donors (Lipinski definition) is 1. The smallest absolute Gasteiger partial charge is 0.129 e. The summed E-state index contributed by atoms with van der Waals surface area (Å²) < 4.78 is 13.2. The number of nitrogens with two attached hydrogens (primary N) is 1. The van der Waals surface area contributed by atoms with Gasteiger partial charge < -0.3 is 5.73 Å². The Morgan fingerprint density at radius 3 is 3.00 bits per heavy atom. The van der Waals surface area contributed by atoms with Gasteiger partial charge in [-0.2, -0.15) is 0 Å². The second kappa shape index (κ2) is 2.71. The van der Waals surface area contributed by atoms with Crippen molar-refractivity contribution in [1.82, 2.24) is 0 Å². The maximum atomic E-state index is 13.2. The van der Waals surface area contributed by atoms with Crippen molar-refractivity contribution in [3.8, 4) is 0 Å². The molecule has 1 aromatic carbocycles. The fraction of sp³-hybridized carbons (Fsp3) is 0.333. The summed E-state index contributed by atoms with van der Waals surface area (Å²) in [6.07, 6.45) is 1.67. The Kier molecular flexibility index (Phi) is 1.81. The highest BCUT2D eigenvalue weighted by atomic mass is 35.5. The highest BCUT2D eigenvalue weighted by molar-refractivity contribution is 6.30. The van der Waals surface area contributed by atoms with Crippen molar-refractivity contribution in [2.45, 2.75) is 18.9 Å². The van der Waals surface area contributed by atoms with E-state index in [1.165, 1.54) is 6.07 Å². The summed E-state index contributed by atoms with van der Waals surface area (Å²) in [5, 5.41) is 0.459. The summed E-state index contributed by atoms with van der Waals surface area (Å²) in [4.78, 5) is 0. The first kappa shape index (κ1) is 8.02. The van der Waals surface area contributed by atoms with Gasteiger partial charge in [-0.1, -0.05) is 11.6 Å². The normalized spacial score (nSPS) is 21.1. The van der Waals surface area contributed by atoms with E-state index in [1.54, 1.807) is 6.07 Å². The second-order valence-electron chi connectivity index (χ2n) is 3.11. The molecule has 64 valence electrons. The van der Waals surface area contributed by atoms with E-state index in [0.717, 1.165) is 18.4 Å². The molecule has 0 saturated carbocycles. The van der Waals surface area contributed by atoms with Crippen LogP contribution in [0, 0.1) is 5.82 Å². The van der Waals surface area contributed by atoms with Gasteiger partial charge in [-0.15, -0.1) is 0 Å². The number of hydrogen-bond acceptors (Lipinski definition) is 1. The van der Waals surface area contributed by atoms with Gasteiger partial charge in [0.1, 0.15) is 5.82 Å². The zero-order valence-electron chi connectivity index (χ0n) is 6.48. The summed E-state index contributed by atoms with van der Waals surface area (Å²) in [5.74, 6) is -0.262. The Labute approximate surface area is 75.3 Å². The molecule has 2 rings (SSSR count). The largest absolute Gasteiger partial charge is 0.324 e. The van der Waals surface area contributed by atoms with Gasteiger partial charge in [-0.25, -0.2) is 4.39 Å². The van der Waals surface area contributed by atoms with Crippen molar-refractivity contribution in [2.75, 3.05) is 0 Å². The molecule has 0 heterocycles. The van der Waals surface area contributed by atoms with Crippen molar-refractivity contribution < 1.29 is 4.39 Å². The minimum Gasteiger partial charge on any atom is -0.324 e. The quantitative estimate of drug-likeness (QED) is 0.660. The van der Waals surface area contributed by atoms with Gasteiger partial charge >= 0.3 is 0 Å². The van der Waals surface area contributed by atoms with Crippen molar-refractivity contribution in [3.05, 3.63) is 34.1 Å². The zero-order chi connectivity index (χ0) is 8.72. The van der Waals surface area contributed by atoms with Crippen molar-refractivity contribution >= 4 is 11.6 Å². The van der Waals surface area contributed by atoms with Gasteiger partial charge in [-0.05, 0) is 30.5 Å². The molecule has 0 spiro atoms. The lowest BCUT2D eigenvalue weighted by atomic mass is 10.1. The maximum absolute atomic E-state index is 13.2. The van der Waals surface area contributed by atoms with Crippen LogP contribution in [-0.2, 0) is 6.42 Å². The molecule has 0 aliphatic heterocycles. The summed E-state index contributed by atoms with van der Waals surface area (Å²) in [6, 6.07) is 2.98. The highest BCUT2D eigenvalue weighted by Crippen LogP contribution is 2.33. The first-order chi connectivity index (χ1) is 5.68. The Morgan fingerprint density at radius 2 is 2.25 bits per heavy atom. The topological polar surface area (TPSA) is 26.0 Å². The third-order valence-electron chi connectivity index (χ3n) is 2.28. The lowest BCUT2D eigenvalue weighted by Crippen LogP contribution is -2.07. The molecule has 0 radical (unpaired) electrons. The molecule has 0 saturated heterocycles. The van der Waals surface area contributed by atoms with Crippen LogP contribution in [0.5, 0.6) is 0 Å². The lowest BCUT2D eigenvalue weighted by Gasteiger charge is -2.05. The summed E-state index contributed by atoms with van der Waals surface area (Å²) in [5.41, 5.74) is 7.33.